The first kappa shape index (κ1) is 31.1. The molecule has 11 rings (SSSR count). The van der Waals surface area contributed by atoms with Gasteiger partial charge in [-0.3, -0.25) is 0 Å². The summed E-state index contributed by atoms with van der Waals surface area (Å²) in [5.41, 5.74) is 15.6. The van der Waals surface area contributed by atoms with Crippen LogP contribution in [0.25, 0.3) is 93.1 Å². The van der Waals surface area contributed by atoms with Crippen LogP contribution in [0, 0.1) is 13.8 Å². The van der Waals surface area contributed by atoms with E-state index >= 15 is 0 Å². The Kier molecular flexibility index (Phi) is 6.50. The molecular weight excluding hydrogens is 651 g/mol. The number of nitrogens with zero attached hydrogens (tertiary/aromatic N) is 1. The Bertz CT molecular complexity index is 3210. The summed E-state index contributed by atoms with van der Waals surface area (Å²) in [7, 11) is 0. The summed E-state index contributed by atoms with van der Waals surface area (Å²) < 4.78 is 2.48. The van der Waals surface area contributed by atoms with Crippen molar-refractivity contribution in [2.75, 3.05) is 0 Å². The molecule has 1 aliphatic carbocycles. The second-order valence-electron chi connectivity index (χ2n) is 15.8. The molecule has 0 unspecified atom stereocenters. The Hall–Kier alpha value is -6.44. The second kappa shape index (κ2) is 11.3. The number of aryl methyl sites for hydroxylation is 1. The Morgan fingerprint density at radius 2 is 1.02 bits per heavy atom. The van der Waals surface area contributed by atoms with E-state index in [0.717, 1.165) is 0 Å². The number of rotatable bonds is 3. The lowest BCUT2D eigenvalue weighted by Crippen LogP contribution is -2.14. The molecule has 1 heteroatoms. The maximum atomic E-state index is 2.48. The minimum atomic E-state index is -0.0156. The Labute approximate surface area is 315 Å². The van der Waals surface area contributed by atoms with Gasteiger partial charge in [0.2, 0.25) is 0 Å². The van der Waals surface area contributed by atoms with Crippen molar-refractivity contribution < 1.29 is 0 Å². The van der Waals surface area contributed by atoms with Crippen molar-refractivity contribution in [1.82, 2.24) is 4.57 Å². The van der Waals surface area contributed by atoms with Crippen molar-refractivity contribution in [2.24, 2.45) is 0 Å². The van der Waals surface area contributed by atoms with Crippen LogP contribution in [0.1, 0.15) is 36.2 Å². The molecule has 1 aliphatic rings. The first-order valence-corrected chi connectivity index (χ1v) is 19.1. The van der Waals surface area contributed by atoms with Gasteiger partial charge in [0.05, 0.1) is 11.2 Å². The molecule has 1 heterocycles. The van der Waals surface area contributed by atoms with Crippen molar-refractivity contribution >= 4 is 54.0 Å². The second-order valence-corrected chi connectivity index (χ2v) is 15.8. The fourth-order valence-corrected chi connectivity index (χ4v) is 9.59. The van der Waals surface area contributed by atoms with E-state index in [1.165, 1.54) is 115 Å². The average Bonchev–Trinajstić information content (AvgIpc) is 3.59. The lowest BCUT2D eigenvalue weighted by Gasteiger charge is -2.22. The number of hydrogen-bond acceptors (Lipinski definition) is 0. The van der Waals surface area contributed by atoms with Crippen molar-refractivity contribution in [1.29, 1.82) is 0 Å². The van der Waals surface area contributed by atoms with Crippen molar-refractivity contribution in [3.05, 3.63) is 186 Å². The molecule has 0 bridgehead atoms. The van der Waals surface area contributed by atoms with E-state index in [2.05, 4.69) is 196 Å². The molecule has 9 aromatic carbocycles. The lowest BCUT2D eigenvalue weighted by molar-refractivity contribution is 0.660. The minimum Gasteiger partial charge on any atom is -0.313 e. The van der Waals surface area contributed by atoms with Crippen LogP contribution in [0.15, 0.2) is 164 Å². The first-order valence-electron chi connectivity index (χ1n) is 19.1. The van der Waals surface area contributed by atoms with Gasteiger partial charge in [0.1, 0.15) is 0 Å². The highest BCUT2D eigenvalue weighted by Gasteiger charge is 2.35. The van der Waals surface area contributed by atoms with Gasteiger partial charge in [-0.25, -0.2) is 0 Å². The molecule has 0 N–H and O–H groups in total. The first-order chi connectivity index (χ1) is 26.3. The van der Waals surface area contributed by atoms with E-state index in [-0.39, 0.29) is 5.41 Å². The SMILES string of the molecule is Cc1c(C)n(-c2ccc(-c3ccc4ccccc4c3)c3ccccc23)c2cc3ccc4cc(-c5ccc6c(c5)C(C)(C)c5ccccc5-6)ccc4c3cc12. The van der Waals surface area contributed by atoms with Gasteiger partial charge in [-0.05, 0) is 138 Å². The number of benzene rings is 9. The van der Waals surface area contributed by atoms with Gasteiger partial charge in [0.15, 0.2) is 0 Å². The third kappa shape index (κ3) is 4.39. The van der Waals surface area contributed by atoms with Crippen LogP contribution >= 0.6 is 0 Å². The monoisotopic (exact) mass is 689 g/mol. The van der Waals surface area contributed by atoms with Crippen LogP contribution in [0.5, 0.6) is 0 Å². The topological polar surface area (TPSA) is 4.93 Å². The standard InChI is InChI=1S/C53H39N/c1-32-33(2)54(51-26-25-41(43-13-7-8-15-46(43)51)38-18-17-34-11-5-6-12-35(34)27-38)52-30-40-20-19-39-28-36(21-23-42(39)48(40)31-47(32)52)37-22-24-45-44-14-9-10-16-49(44)53(3,4)50(45)29-37/h5-31H,1-4H3. The van der Waals surface area contributed by atoms with E-state index in [4.69, 9.17) is 0 Å². The average molecular weight is 690 g/mol. The molecule has 256 valence electrons. The van der Waals surface area contributed by atoms with E-state index in [1.54, 1.807) is 0 Å². The van der Waals surface area contributed by atoms with Gasteiger partial charge in [-0.2, -0.15) is 0 Å². The molecule has 0 saturated heterocycles. The van der Waals surface area contributed by atoms with Gasteiger partial charge < -0.3 is 4.57 Å². The summed E-state index contributed by atoms with van der Waals surface area (Å²) in [4.78, 5) is 0. The highest BCUT2D eigenvalue weighted by Crippen LogP contribution is 2.49. The zero-order chi connectivity index (χ0) is 36.3. The van der Waals surface area contributed by atoms with Crippen LogP contribution in [0.3, 0.4) is 0 Å². The molecule has 0 atom stereocenters. The molecule has 0 spiro atoms. The number of aromatic nitrogens is 1. The molecular formula is C53H39N. The molecule has 54 heavy (non-hydrogen) atoms. The Morgan fingerprint density at radius 3 is 1.89 bits per heavy atom. The van der Waals surface area contributed by atoms with Crippen molar-refractivity contribution in [3.63, 3.8) is 0 Å². The predicted octanol–water partition coefficient (Wildman–Crippen LogP) is 14.5. The summed E-state index contributed by atoms with van der Waals surface area (Å²) in [6.07, 6.45) is 0. The third-order valence-electron chi connectivity index (χ3n) is 12.6. The molecule has 1 aromatic heterocycles. The molecule has 0 amide bonds. The van der Waals surface area contributed by atoms with Crippen molar-refractivity contribution in [2.45, 2.75) is 33.1 Å². The van der Waals surface area contributed by atoms with E-state index < -0.39 is 0 Å². The number of fused-ring (bicyclic) bond motifs is 9. The maximum absolute atomic E-state index is 2.48. The van der Waals surface area contributed by atoms with Crippen LogP contribution < -0.4 is 0 Å². The molecule has 10 aromatic rings. The van der Waals surface area contributed by atoms with Crippen molar-refractivity contribution in [3.8, 4) is 39.1 Å². The van der Waals surface area contributed by atoms with Crippen LogP contribution in [-0.2, 0) is 5.41 Å². The summed E-state index contributed by atoms with van der Waals surface area (Å²) in [5, 5.41) is 11.5. The maximum Gasteiger partial charge on any atom is 0.0540 e. The highest BCUT2D eigenvalue weighted by molar-refractivity contribution is 6.14. The quantitative estimate of drug-likeness (QED) is 0.163. The predicted molar refractivity (Wildman–Crippen MR) is 231 cm³/mol. The minimum absolute atomic E-state index is 0.0156. The lowest BCUT2D eigenvalue weighted by atomic mass is 9.81. The fraction of sp³-hybridized carbons (Fsp3) is 0.0943. The number of hydrogen-bond donors (Lipinski definition) is 0. The van der Waals surface area contributed by atoms with E-state index in [1.807, 2.05) is 0 Å². The summed E-state index contributed by atoms with van der Waals surface area (Å²) in [5.74, 6) is 0. The Morgan fingerprint density at radius 1 is 0.389 bits per heavy atom. The molecule has 0 radical (unpaired) electrons. The summed E-state index contributed by atoms with van der Waals surface area (Å²) in [6.45, 7) is 9.26. The van der Waals surface area contributed by atoms with Gasteiger partial charge in [-0.15, -0.1) is 0 Å². The van der Waals surface area contributed by atoms with E-state index in [9.17, 15) is 0 Å². The zero-order valence-electron chi connectivity index (χ0n) is 31.0. The normalized spacial score (nSPS) is 13.3. The zero-order valence-corrected chi connectivity index (χ0v) is 31.0. The van der Waals surface area contributed by atoms with Gasteiger partial charge in [0, 0.05) is 21.9 Å². The van der Waals surface area contributed by atoms with Gasteiger partial charge in [-0.1, -0.05) is 141 Å². The summed E-state index contributed by atoms with van der Waals surface area (Å²) in [6, 6.07) is 61.4. The fourth-order valence-electron chi connectivity index (χ4n) is 9.59. The smallest absolute Gasteiger partial charge is 0.0540 e. The van der Waals surface area contributed by atoms with Gasteiger partial charge in [0.25, 0.3) is 0 Å². The Balaban J connectivity index is 1.03. The van der Waals surface area contributed by atoms with Crippen LogP contribution in [0.2, 0.25) is 0 Å². The van der Waals surface area contributed by atoms with Gasteiger partial charge >= 0.3 is 0 Å². The molecule has 0 aliphatic heterocycles. The summed E-state index contributed by atoms with van der Waals surface area (Å²) >= 11 is 0. The highest BCUT2D eigenvalue weighted by atomic mass is 15.0. The molecule has 1 nitrogen and oxygen atoms in total. The van der Waals surface area contributed by atoms with Crippen LogP contribution in [-0.4, -0.2) is 4.57 Å². The van der Waals surface area contributed by atoms with Crippen LogP contribution in [0.4, 0.5) is 0 Å². The largest absolute Gasteiger partial charge is 0.313 e. The van der Waals surface area contributed by atoms with E-state index in [0.29, 0.717) is 0 Å². The third-order valence-corrected chi connectivity index (χ3v) is 12.6. The molecule has 0 fully saturated rings. The molecule has 0 saturated carbocycles.